The Balaban J connectivity index is 1.56. The molecule has 0 spiro atoms. The molecule has 0 radical (unpaired) electrons. The van der Waals surface area contributed by atoms with Gasteiger partial charge in [0.05, 0.1) is 17.0 Å². The summed E-state index contributed by atoms with van der Waals surface area (Å²) in [4.78, 5) is 40.2. The molecule has 1 unspecified atom stereocenters. The van der Waals surface area contributed by atoms with E-state index >= 15 is 0 Å². The Bertz CT molecular complexity index is 911. The van der Waals surface area contributed by atoms with Crippen LogP contribution in [0.3, 0.4) is 0 Å². The normalized spacial score (nSPS) is 17.7. The van der Waals surface area contributed by atoms with Gasteiger partial charge in [0.1, 0.15) is 5.82 Å². The first-order chi connectivity index (χ1) is 12.9. The minimum Gasteiger partial charge on any atom is -0.369 e. The zero-order valence-corrected chi connectivity index (χ0v) is 15.0. The third kappa shape index (κ3) is 4.71. The molecule has 7 nitrogen and oxygen atoms in total. The average Bonchev–Trinajstić information content (AvgIpc) is 2.64. The summed E-state index contributed by atoms with van der Waals surface area (Å²) >= 11 is 0. The molecule has 1 saturated heterocycles. The van der Waals surface area contributed by atoms with E-state index in [4.69, 9.17) is 5.73 Å². The number of aromatic amines is 1. The number of nitrogens with two attached hydrogens (primary N) is 1. The van der Waals surface area contributed by atoms with Gasteiger partial charge in [-0.15, -0.1) is 0 Å². The topological polar surface area (TPSA) is 108 Å². The van der Waals surface area contributed by atoms with Crippen LogP contribution < -0.4 is 16.6 Å². The van der Waals surface area contributed by atoms with Gasteiger partial charge >= 0.3 is 0 Å². The zero-order valence-electron chi connectivity index (χ0n) is 15.0. The maximum Gasteiger partial charge on any atom is 0.252 e. The van der Waals surface area contributed by atoms with E-state index < -0.39 is 11.4 Å². The van der Waals surface area contributed by atoms with Crippen molar-refractivity contribution in [2.75, 3.05) is 26.2 Å². The summed E-state index contributed by atoms with van der Waals surface area (Å²) in [6.07, 6.45) is 2.49. The largest absolute Gasteiger partial charge is 0.369 e. The Hall–Kier alpha value is -2.74. The lowest BCUT2D eigenvalue weighted by molar-refractivity contribution is -0.123. The van der Waals surface area contributed by atoms with Gasteiger partial charge in [0.15, 0.2) is 0 Å². The number of benzene rings is 1. The number of halogens is 1. The summed E-state index contributed by atoms with van der Waals surface area (Å²) in [7, 11) is 0. The number of piperidine rings is 1. The van der Waals surface area contributed by atoms with Crippen LogP contribution in [0.25, 0.3) is 10.9 Å². The van der Waals surface area contributed by atoms with Crippen molar-refractivity contribution in [2.45, 2.75) is 19.3 Å². The van der Waals surface area contributed by atoms with Crippen molar-refractivity contribution < 1.29 is 14.0 Å². The molecule has 8 heteroatoms. The van der Waals surface area contributed by atoms with E-state index in [0.717, 1.165) is 25.9 Å². The lowest BCUT2D eigenvalue weighted by atomic mass is 9.97. The number of primary amides is 1. The monoisotopic (exact) mass is 374 g/mol. The predicted molar refractivity (Wildman–Crippen MR) is 99.8 cm³/mol. The summed E-state index contributed by atoms with van der Waals surface area (Å²) < 4.78 is 13.3. The van der Waals surface area contributed by atoms with Crippen LogP contribution in [0.2, 0.25) is 0 Å². The van der Waals surface area contributed by atoms with Crippen LogP contribution in [0.15, 0.2) is 29.1 Å². The summed E-state index contributed by atoms with van der Waals surface area (Å²) in [5, 5.41) is 3.30. The van der Waals surface area contributed by atoms with E-state index in [2.05, 4.69) is 15.2 Å². The van der Waals surface area contributed by atoms with Crippen LogP contribution in [-0.4, -0.2) is 47.9 Å². The van der Waals surface area contributed by atoms with Crippen molar-refractivity contribution in [1.29, 1.82) is 0 Å². The second-order valence-corrected chi connectivity index (χ2v) is 6.89. The number of H-pyrrole nitrogens is 1. The van der Waals surface area contributed by atoms with Gasteiger partial charge in [-0.3, -0.25) is 14.4 Å². The number of hydrogen-bond acceptors (Lipinski definition) is 4. The molecule has 1 aromatic heterocycles. The fourth-order valence-corrected chi connectivity index (χ4v) is 3.51. The molecule has 0 saturated carbocycles. The first-order valence-electron chi connectivity index (χ1n) is 9.06. The molecule has 1 aliphatic rings. The Morgan fingerprint density at radius 1 is 1.33 bits per heavy atom. The Morgan fingerprint density at radius 3 is 2.93 bits per heavy atom. The molecule has 2 heterocycles. The number of aromatic nitrogens is 1. The Morgan fingerprint density at radius 2 is 2.15 bits per heavy atom. The van der Waals surface area contributed by atoms with Crippen LogP contribution >= 0.6 is 0 Å². The van der Waals surface area contributed by atoms with E-state index in [1.54, 1.807) is 0 Å². The summed E-state index contributed by atoms with van der Waals surface area (Å²) in [6.45, 7) is 2.77. The van der Waals surface area contributed by atoms with Crippen molar-refractivity contribution >= 4 is 22.7 Å². The summed E-state index contributed by atoms with van der Waals surface area (Å²) in [6, 6.07) is 5.15. The number of nitrogens with one attached hydrogen (secondary N) is 2. The van der Waals surface area contributed by atoms with E-state index in [0.29, 0.717) is 30.4 Å². The fraction of sp³-hybridized carbons (Fsp3) is 0.421. The number of hydrogen-bond donors (Lipinski definition) is 3. The van der Waals surface area contributed by atoms with Gasteiger partial charge < -0.3 is 20.9 Å². The zero-order chi connectivity index (χ0) is 19.4. The van der Waals surface area contributed by atoms with E-state index in [-0.39, 0.29) is 23.3 Å². The van der Waals surface area contributed by atoms with Crippen LogP contribution in [0.4, 0.5) is 4.39 Å². The Labute approximate surface area is 155 Å². The third-order valence-electron chi connectivity index (χ3n) is 4.89. The SMILES string of the molecule is NC(=O)C1CCCN(CCCNC(=O)c2cc(=O)[nH]c3cc(F)ccc23)C1. The molecule has 1 fully saturated rings. The van der Waals surface area contributed by atoms with Gasteiger partial charge in [0, 0.05) is 24.5 Å². The van der Waals surface area contributed by atoms with Crippen molar-refractivity contribution in [3.8, 4) is 0 Å². The van der Waals surface area contributed by atoms with Gasteiger partial charge in [0.2, 0.25) is 11.5 Å². The number of nitrogens with zero attached hydrogens (tertiary/aromatic N) is 1. The lowest BCUT2D eigenvalue weighted by Crippen LogP contribution is -2.42. The molecule has 3 rings (SSSR count). The maximum absolute atomic E-state index is 13.3. The highest BCUT2D eigenvalue weighted by molar-refractivity contribution is 6.05. The third-order valence-corrected chi connectivity index (χ3v) is 4.89. The van der Waals surface area contributed by atoms with Gasteiger partial charge in [-0.2, -0.15) is 0 Å². The molecule has 4 N–H and O–H groups in total. The number of likely N-dealkylation sites (tertiary alicyclic amines) is 1. The number of pyridine rings is 1. The van der Waals surface area contributed by atoms with E-state index in [1.165, 1.54) is 24.3 Å². The average molecular weight is 374 g/mol. The highest BCUT2D eigenvalue weighted by Crippen LogP contribution is 2.17. The molecule has 1 aliphatic heterocycles. The molecule has 1 atom stereocenters. The maximum atomic E-state index is 13.3. The van der Waals surface area contributed by atoms with Crippen LogP contribution in [0, 0.1) is 11.7 Å². The van der Waals surface area contributed by atoms with Crippen molar-refractivity contribution in [3.05, 3.63) is 46.0 Å². The molecule has 0 bridgehead atoms. The molecule has 2 amide bonds. The summed E-state index contributed by atoms with van der Waals surface area (Å²) in [5.41, 5.74) is 5.44. The molecule has 0 aliphatic carbocycles. The smallest absolute Gasteiger partial charge is 0.252 e. The summed E-state index contributed by atoms with van der Waals surface area (Å²) in [5.74, 6) is -1.21. The Kier molecular flexibility index (Phi) is 5.85. The molecular formula is C19H23FN4O3. The van der Waals surface area contributed by atoms with Crippen LogP contribution in [0.1, 0.15) is 29.6 Å². The van der Waals surface area contributed by atoms with E-state index in [9.17, 15) is 18.8 Å². The minimum absolute atomic E-state index is 0.101. The molecular weight excluding hydrogens is 351 g/mol. The quantitative estimate of drug-likeness (QED) is 0.655. The van der Waals surface area contributed by atoms with Gasteiger partial charge in [-0.1, -0.05) is 0 Å². The van der Waals surface area contributed by atoms with Crippen molar-refractivity contribution in [1.82, 2.24) is 15.2 Å². The van der Waals surface area contributed by atoms with Crippen LogP contribution in [0.5, 0.6) is 0 Å². The van der Waals surface area contributed by atoms with Gasteiger partial charge in [-0.05, 0) is 50.6 Å². The fourth-order valence-electron chi connectivity index (χ4n) is 3.51. The van der Waals surface area contributed by atoms with Crippen molar-refractivity contribution in [2.24, 2.45) is 11.7 Å². The number of carbonyl (C=O) groups excluding carboxylic acids is 2. The highest BCUT2D eigenvalue weighted by atomic mass is 19.1. The standard InChI is InChI=1S/C19H23FN4O3/c20-13-4-5-14-15(10-17(25)23-16(14)9-13)19(27)22-6-2-8-24-7-1-3-12(11-24)18(21)26/h4-5,9-10,12H,1-3,6-8,11H2,(H2,21,26)(H,22,27)(H,23,25). The molecule has 144 valence electrons. The number of amides is 2. The molecule has 2 aromatic rings. The van der Waals surface area contributed by atoms with Gasteiger partial charge in [0.25, 0.3) is 5.91 Å². The second-order valence-electron chi connectivity index (χ2n) is 6.89. The first-order valence-corrected chi connectivity index (χ1v) is 9.06. The molecule has 27 heavy (non-hydrogen) atoms. The van der Waals surface area contributed by atoms with Crippen LogP contribution in [-0.2, 0) is 4.79 Å². The highest BCUT2D eigenvalue weighted by Gasteiger charge is 2.23. The minimum atomic E-state index is -0.480. The van der Waals surface area contributed by atoms with Crippen molar-refractivity contribution in [3.63, 3.8) is 0 Å². The number of carbonyl (C=O) groups is 2. The number of rotatable bonds is 6. The first kappa shape index (κ1) is 19.0. The molecule has 1 aromatic carbocycles. The lowest BCUT2D eigenvalue weighted by Gasteiger charge is -2.31. The number of fused-ring (bicyclic) bond motifs is 1. The van der Waals surface area contributed by atoms with E-state index in [1.807, 2.05) is 0 Å². The predicted octanol–water partition coefficient (Wildman–Crippen LogP) is 0.984. The second kappa shape index (κ2) is 8.30. The van der Waals surface area contributed by atoms with Gasteiger partial charge in [-0.25, -0.2) is 4.39 Å².